The van der Waals surface area contributed by atoms with Crippen molar-refractivity contribution < 1.29 is 9.53 Å². The maximum absolute atomic E-state index is 11.4. The molecule has 74 valence electrons. The van der Waals surface area contributed by atoms with Gasteiger partial charge in [0.05, 0.1) is 5.69 Å². The molecule has 4 nitrogen and oxygen atoms in total. The number of nitrogens with one attached hydrogen (secondary N) is 1. The number of hydrogen-bond donors (Lipinski definition) is 1. The van der Waals surface area contributed by atoms with Crippen LogP contribution in [0.5, 0.6) is 5.88 Å². The zero-order chi connectivity index (χ0) is 10.3. The van der Waals surface area contributed by atoms with Crippen molar-refractivity contribution in [2.24, 2.45) is 0 Å². The molecule has 0 fully saturated rings. The molecule has 0 saturated heterocycles. The monoisotopic (exact) mass is 256 g/mol. The normalized spacial score (nSPS) is 18.1. The highest BCUT2D eigenvalue weighted by atomic mass is 79.9. The van der Waals surface area contributed by atoms with Crippen LogP contribution in [0.15, 0.2) is 16.7 Å². The minimum atomic E-state index is -0.699. The lowest BCUT2D eigenvalue weighted by molar-refractivity contribution is -0.139. The molecule has 5 heteroatoms. The van der Waals surface area contributed by atoms with Gasteiger partial charge in [0, 0.05) is 10.7 Å². The summed E-state index contributed by atoms with van der Waals surface area (Å²) in [6.45, 7) is 3.53. The Morgan fingerprint density at radius 1 is 1.57 bits per heavy atom. The summed E-state index contributed by atoms with van der Waals surface area (Å²) in [5, 5.41) is 3.06. The highest BCUT2D eigenvalue weighted by Gasteiger charge is 2.35. The van der Waals surface area contributed by atoms with Crippen LogP contribution < -0.4 is 10.1 Å². The number of ether oxygens (including phenoxy) is 1. The predicted octanol–water partition coefficient (Wildman–Crippen LogP) is 1.95. The summed E-state index contributed by atoms with van der Waals surface area (Å²) in [4.78, 5) is 15.4. The largest absolute Gasteiger partial charge is 0.403 e. The third-order valence-corrected chi connectivity index (χ3v) is 2.40. The molecule has 0 atom stereocenters. The molecule has 14 heavy (non-hydrogen) atoms. The Balaban J connectivity index is 2.46. The zero-order valence-electron chi connectivity index (χ0n) is 7.80. The minimum Gasteiger partial charge on any atom is -0.403 e. The number of esters is 1. The Morgan fingerprint density at radius 3 is 3.00 bits per heavy atom. The number of hydrogen-bond acceptors (Lipinski definition) is 4. The number of aromatic nitrogens is 1. The molecule has 0 spiro atoms. The molecule has 0 amide bonds. The molecule has 0 bridgehead atoms. The highest BCUT2D eigenvalue weighted by Crippen LogP contribution is 2.32. The molecule has 0 aromatic carbocycles. The first-order valence-corrected chi connectivity index (χ1v) is 4.94. The van der Waals surface area contributed by atoms with Crippen molar-refractivity contribution in [3.63, 3.8) is 0 Å². The number of nitrogens with zero attached hydrogens (tertiary/aromatic N) is 1. The summed E-state index contributed by atoms with van der Waals surface area (Å²) >= 11 is 3.30. The standard InChI is InChI=1S/C9H9BrN2O2/c1-9(2)8(13)14-7-6(12-9)3-5(10)4-11-7/h3-4,12H,1-2H3. The van der Waals surface area contributed by atoms with E-state index in [0.29, 0.717) is 5.88 Å². The number of pyridine rings is 1. The fraction of sp³-hybridized carbons (Fsp3) is 0.333. The third kappa shape index (κ3) is 1.48. The molecule has 2 rings (SSSR count). The van der Waals surface area contributed by atoms with E-state index < -0.39 is 5.54 Å². The van der Waals surface area contributed by atoms with Gasteiger partial charge in [-0.1, -0.05) is 0 Å². The van der Waals surface area contributed by atoms with Crippen LogP contribution in [0.1, 0.15) is 13.8 Å². The van der Waals surface area contributed by atoms with E-state index in [1.807, 2.05) is 6.07 Å². The third-order valence-electron chi connectivity index (χ3n) is 1.96. The molecular weight excluding hydrogens is 248 g/mol. The Kier molecular flexibility index (Phi) is 1.99. The van der Waals surface area contributed by atoms with Gasteiger partial charge in [0.1, 0.15) is 5.54 Å². The van der Waals surface area contributed by atoms with Gasteiger partial charge in [0.2, 0.25) is 5.88 Å². The van der Waals surface area contributed by atoms with Crippen LogP contribution >= 0.6 is 15.9 Å². The van der Waals surface area contributed by atoms with E-state index in [1.165, 1.54) is 0 Å². The van der Waals surface area contributed by atoms with Crippen molar-refractivity contribution in [1.82, 2.24) is 4.98 Å². The lowest BCUT2D eigenvalue weighted by atomic mass is 10.0. The van der Waals surface area contributed by atoms with Crippen molar-refractivity contribution in [2.75, 3.05) is 5.32 Å². The van der Waals surface area contributed by atoms with Crippen molar-refractivity contribution in [3.8, 4) is 5.88 Å². The molecule has 0 aliphatic carbocycles. The van der Waals surface area contributed by atoms with Crippen LogP contribution in [0.3, 0.4) is 0 Å². The molecule has 1 aromatic heterocycles. The Hall–Kier alpha value is -1.10. The van der Waals surface area contributed by atoms with E-state index in [1.54, 1.807) is 20.0 Å². The summed E-state index contributed by atoms with van der Waals surface area (Å²) in [5.41, 5.74) is 0.0270. The van der Waals surface area contributed by atoms with Crippen LogP contribution in [0, 0.1) is 0 Å². The summed E-state index contributed by atoms with van der Waals surface area (Å²) in [6, 6.07) is 1.83. The molecule has 2 heterocycles. The van der Waals surface area contributed by atoms with E-state index in [-0.39, 0.29) is 5.97 Å². The average molecular weight is 257 g/mol. The van der Waals surface area contributed by atoms with Crippen LogP contribution in [0.2, 0.25) is 0 Å². The van der Waals surface area contributed by atoms with Gasteiger partial charge in [0.25, 0.3) is 0 Å². The summed E-state index contributed by atoms with van der Waals surface area (Å²) in [5.74, 6) is 0.0114. The second-order valence-corrected chi connectivity index (χ2v) is 4.56. The Labute approximate surface area is 89.8 Å². The zero-order valence-corrected chi connectivity index (χ0v) is 9.38. The van der Waals surface area contributed by atoms with E-state index in [4.69, 9.17) is 4.74 Å². The number of anilines is 1. The fourth-order valence-electron chi connectivity index (χ4n) is 1.20. The van der Waals surface area contributed by atoms with Crippen molar-refractivity contribution in [3.05, 3.63) is 16.7 Å². The molecule has 0 saturated carbocycles. The van der Waals surface area contributed by atoms with Crippen LogP contribution in [-0.2, 0) is 4.79 Å². The van der Waals surface area contributed by atoms with Gasteiger partial charge in [-0.2, -0.15) is 0 Å². The van der Waals surface area contributed by atoms with Crippen LogP contribution in [-0.4, -0.2) is 16.5 Å². The molecule has 1 aromatic rings. The maximum atomic E-state index is 11.4. The fourth-order valence-corrected chi connectivity index (χ4v) is 1.53. The Morgan fingerprint density at radius 2 is 2.29 bits per heavy atom. The number of carbonyl (C=O) groups is 1. The van der Waals surface area contributed by atoms with Gasteiger partial charge < -0.3 is 10.1 Å². The first kappa shape index (κ1) is 9.45. The average Bonchev–Trinajstić information content (AvgIpc) is 2.07. The number of halogens is 1. The van der Waals surface area contributed by atoms with Gasteiger partial charge in [0.15, 0.2) is 0 Å². The van der Waals surface area contributed by atoms with Crippen molar-refractivity contribution in [2.45, 2.75) is 19.4 Å². The van der Waals surface area contributed by atoms with E-state index >= 15 is 0 Å². The number of rotatable bonds is 0. The van der Waals surface area contributed by atoms with Gasteiger partial charge in [-0.15, -0.1) is 0 Å². The van der Waals surface area contributed by atoms with Gasteiger partial charge >= 0.3 is 5.97 Å². The van der Waals surface area contributed by atoms with E-state index in [9.17, 15) is 4.79 Å². The van der Waals surface area contributed by atoms with Gasteiger partial charge in [-0.05, 0) is 35.8 Å². The van der Waals surface area contributed by atoms with Crippen LogP contribution in [0.4, 0.5) is 5.69 Å². The molecule has 1 aliphatic heterocycles. The van der Waals surface area contributed by atoms with Gasteiger partial charge in [-0.25, -0.2) is 9.78 Å². The van der Waals surface area contributed by atoms with Crippen LogP contribution in [0.25, 0.3) is 0 Å². The number of carbonyl (C=O) groups excluding carboxylic acids is 1. The predicted molar refractivity (Wildman–Crippen MR) is 55.3 cm³/mol. The number of fused-ring (bicyclic) bond motifs is 1. The molecule has 1 aliphatic rings. The molecule has 0 unspecified atom stereocenters. The van der Waals surface area contributed by atoms with E-state index in [0.717, 1.165) is 10.2 Å². The summed E-state index contributed by atoms with van der Waals surface area (Å²) in [6.07, 6.45) is 1.59. The lowest BCUT2D eigenvalue weighted by Gasteiger charge is -2.30. The molecule has 1 N–H and O–H groups in total. The van der Waals surface area contributed by atoms with Crippen molar-refractivity contribution in [1.29, 1.82) is 0 Å². The first-order valence-electron chi connectivity index (χ1n) is 4.15. The van der Waals surface area contributed by atoms with Crippen molar-refractivity contribution >= 4 is 27.6 Å². The highest BCUT2D eigenvalue weighted by molar-refractivity contribution is 9.10. The molecule has 0 radical (unpaired) electrons. The summed E-state index contributed by atoms with van der Waals surface area (Å²) < 4.78 is 5.91. The second kappa shape index (κ2) is 2.95. The quantitative estimate of drug-likeness (QED) is 0.722. The maximum Gasteiger partial charge on any atom is 0.337 e. The SMILES string of the molecule is CC1(C)Nc2cc(Br)cnc2OC1=O. The first-order chi connectivity index (χ1) is 6.49. The minimum absolute atomic E-state index is 0.320. The topological polar surface area (TPSA) is 51.2 Å². The second-order valence-electron chi connectivity index (χ2n) is 3.65. The van der Waals surface area contributed by atoms with Gasteiger partial charge in [-0.3, -0.25) is 0 Å². The Bertz CT molecular complexity index is 404. The van der Waals surface area contributed by atoms with E-state index in [2.05, 4.69) is 26.2 Å². The lowest BCUT2D eigenvalue weighted by Crippen LogP contribution is -2.46. The molecular formula is C9H9BrN2O2. The smallest absolute Gasteiger partial charge is 0.337 e. The summed E-state index contributed by atoms with van der Waals surface area (Å²) in [7, 11) is 0.